The Bertz CT molecular complexity index is 401. The molecule has 0 radical (unpaired) electrons. The van der Waals surface area contributed by atoms with Crippen molar-refractivity contribution in [3.8, 4) is 0 Å². The Morgan fingerprint density at radius 3 is 2.29 bits per heavy atom. The van der Waals surface area contributed by atoms with Crippen LogP contribution >= 0.6 is 0 Å². The van der Waals surface area contributed by atoms with Gasteiger partial charge in [0.15, 0.2) is 0 Å². The summed E-state index contributed by atoms with van der Waals surface area (Å²) in [7, 11) is 0. The zero-order chi connectivity index (χ0) is 15.3. The van der Waals surface area contributed by atoms with E-state index in [0.717, 1.165) is 31.2 Å². The highest BCUT2D eigenvalue weighted by molar-refractivity contribution is 5.18. The van der Waals surface area contributed by atoms with Crippen molar-refractivity contribution in [1.29, 1.82) is 0 Å². The minimum atomic E-state index is 0.142. The average molecular weight is 288 g/mol. The van der Waals surface area contributed by atoms with Gasteiger partial charge in [-0.05, 0) is 56.2 Å². The van der Waals surface area contributed by atoms with E-state index < -0.39 is 0 Å². The quantitative estimate of drug-likeness (QED) is 0.864. The van der Waals surface area contributed by atoms with Gasteiger partial charge in [0, 0.05) is 12.1 Å². The van der Waals surface area contributed by atoms with Crippen molar-refractivity contribution in [2.24, 2.45) is 17.6 Å². The second-order valence-corrected chi connectivity index (χ2v) is 7.01. The van der Waals surface area contributed by atoms with Crippen LogP contribution in [0.25, 0.3) is 0 Å². The predicted molar refractivity (Wildman–Crippen MR) is 91.4 cm³/mol. The molecule has 1 aromatic carbocycles. The third-order valence-corrected chi connectivity index (χ3v) is 5.57. The van der Waals surface area contributed by atoms with Crippen molar-refractivity contribution in [2.45, 2.75) is 52.0 Å². The summed E-state index contributed by atoms with van der Waals surface area (Å²) in [5.74, 6) is 1.71. The van der Waals surface area contributed by atoms with Crippen molar-refractivity contribution in [2.75, 3.05) is 19.6 Å². The van der Waals surface area contributed by atoms with Gasteiger partial charge in [0.25, 0.3) is 0 Å². The SMILES string of the molecule is CCC(CN)(Cc1ccccc1)N1CCC(C(C)C)CC1. The smallest absolute Gasteiger partial charge is 0.0369 e. The molecule has 1 atom stereocenters. The second-order valence-electron chi connectivity index (χ2n) is 7.01. The number of piperidine rings is 1. The lowest BCUT2D eigenvalue weighted by atomic mass is 9.81. The Kier molecular flexibility index (Phi) is 5.83. The average Bonchev–Trinajstić information content (AvgIpc) is 2.54. The number of likely N-dealkylation sites (tertiary alicyclic amines) is 1. The topological polar surface area (TPSA) is 29.3 Å². The molecule has 1 aliphatic rings. The molecule has 0 amide bonds. The molecule has 0 aromatic heterocycles. The summed E-state index contributed by atoms with van der Waals surface area (Å²) in [6.07, 6.45) is 4.86. The van der Waals surface area contributed by atoms with Gasteiger partial charge in [0.2, 0.25) is 0 Å². The monoisotopic (exact) mass is 288 g/mol. The zero-order valence-corrected chi connectivity index (χ0v) is 14.0. The zero-order valence-electron chi connectivity index (χ0n) is 14.0. The highest BCUT2D eigenvalue weighted by atomic mass is 15.2. The lowest BCUT2D eigenvalue weighted by Gasteiger charge is -2.47. The number of hydrogen-bond acceptors (Lipinski definition) is 2. The summed E-state index contributed by atoms with van der Waals surface area (Å²) in [4.78, 5) is 2.68. The molecule has 2 N–H and O–H groups in total. The van der Waals surface area contributed by atoms with E-state index in [1.807, 2.05) is 0 Å². The van der Waals surface area contributed by atoms with Gasteiger partial charge in [-0.1, -0.05) is 51.1 Å². The summed E-state index contributed by atoms with van der Waals surface area (Å²) < 4.78 is 0. The minimum Gasteiger partial charge on any atom is -0.329 e. The number of benzene rings is 1. The molecule has 1 unspecified atom stereocenters. The molecule has 2 nitrogen and oxygen atoms in total. The number of hydrogen-bond donors (Lipinski definition) is 1. The number of nitrogens with zero attached hydrogens (tertiary/aromatic N) is 1. The van der Waals surface area contributed by atoms with Gasteiger partial charge < -0.3 is 5.73 Å². The molecule has 0 saturated carbocycles. The van der Waals surface area contributed by atoms with Crippen molar-refractivity contribution < 1.29 is 0 Å². The number of rotatable bonds is 6. The third kappa shape index (κ3) is 3.87. The van der Waals surface area contributed by atoms with Crippen LogP contribution in [-0.2, 0) is 6.42 Å². The molecule has 0 aliphatic carbocycles. The van der Waals surface area contributed by atoms with Crippen LogP contribution in [-0.4, -0.2) is 30.1 Å². The van der Waals surface area contributed by atoms with Crippen molar-refractivity contribution in [3.63, 3.8) is 0 Å². The molecular weight excluding hydrogens is 256 g/mol. The Morgan fingerprint density at radius 2 is 1.81 bits per heavy atom. The van der Waals surface area contributed by atoms with E-state index in [2.05, 4.69) is 56.0 Å². The summed E-state index contributed by atoms with van der Waals surface area (Å²) in [5.41, 5.74) is 7.80. The lowest BCUT2D eigenvalue weighted by molar-refractivity contribution is 0.0425. The molecule has 21 heavy (non-hydrogen) atoms. The van der Waals surface area contributed by atoms with Crippen LogP contribution in [0.2, 0.25) is 0 Å². The van der Waals surface area contributed by atoms with Crippen molar-refractivity contribution >= 4 is 0 Å². The van der Waals surface area contributed by atoms with Crippen LogP contribution in [0.1, 0.15) is 45.6 Å². The first-order valence-corrected chi connectivity index (χ1v) is 8.60. The lowest BCUT2D eigenvalue weighted by Crippen LogP contribution is -2.57. The normalized spacial score (nSPS) is 20.6. The Labute approximate surface area is 130 Å². The van der Waals surface area contributed by atoms with Gasteiger partial charge in [0.05, 0.1) is 0 Å². The first-order valence-electron chi connectivity index (χ1n) is 8.60. The molecular formula is C19H32N2. The molecule has 0 spiro atoms. The first-order chi connectivity index (χ1) is 10.1. The van der Waals surface area contributed by atoms with Crippen molar-refractivity contribution in [1.82, 2.24) is 4.90 Å². The maximum Gasteiger partial charge on any atom is 0.0369 e. The van der Waals surface area contributed by atoms with Crippen LogP contribution in [0.15, 0.2) is 30.3 Å². The molecule has 1 aromatic rings. The van der Waals surface area contributed by atoms with Gasteiger partial charge in [-0.15, -0.1) is 0 Å². The highest BCUT2D eigenvalue weighted by Gasteiger charge is 2.36. The van der Waals surface area contributed by atoms with E-state index in [9.17, 15) is 0 Å². The first kappa shape index (κ1) is 16.5. The standard InChI is InChI=1S/C19H32N2/c1-4-19(15-20,14-17-8-6-5-7-9-17)21-12-10-18(11-13-21)16(2)3/h5-9,16,18H,4,10-15,20H2,1-3H3. The van der Waals surface area contributed by atoms with Crippen LogP contribution in [0.5, 0.6) is 0 Å². The van der Waals surface area contributed by atoms with Crippen molar-refractivity contribution in [3.05, 3.63) is 35.9 Å². The van der Waals surface area contributed by atoms with Gasteiger partial charge in [0.1, 0.15) is 0 Å². The van der Waals surface area contributed by atoms with E-state index >= 15 is 0 Å². The van der Waals surface area contributed by atoms with E-state index in [1.165, 1.54) is 31.5 Å². The van der Waals surface area contributed by atoms with Gasteiger partial charge in [-0.2, -0.15) is 0 Å². The Hall–Kier alpha value is -0.860. The van der Waals surface area contributed by atoms with Crippen LogP contribution < -0.4 is 5.73 Å². The molecule has 0 bridgehead atoms. The van der Waals surface area contributed by atoms with E-state index in [-0.39, 0.29) is 5.54 Å². The summed E-state index contributed by atoms with van der Waals surface area (Å²) >= 11 is 0. The molecule has 1 saturated heterocycles. The fourth-order valence-corrected chi connectivity index (χ4v) is 3.82. The van der Waals surface area contributed by atoms with E-state index in [1.54, 1.807) is 0 Å². The Balaban J connectivity index is 2.08. The highest BCUT2D eigenvalue weighted by Crippen LogP contribution is 2.32. The maximum absolute atomic E-state index is 6.25. The molecule has 2 heteroatoms. The molecule has 1 heterocycles. The predicted octanol–water partition coefficient (Wildman–Crippen LogP) is 3.70. The largest absolute Gasteiger partial charge is 0.329 e. The molecule has 1 fully saturated rings. The van der Waals surface area contributed by atoms with E-state index in [0.29, 0.717) is 0 Å². The van der Waals surface area contributed by atoms with Gasteiger partial charge in [-0.25, -0.2) is 0 Å². The van der Waals surface area contributed by atoms with Crippen LogP contribution in [0.4, 0.5) is 0 Å². The maximum atomic E-state index is 6.25. The summed E-state index contributed by atoms with van der Waals surface area (Å²) in [5, 5.41) is 0. The molecule has 2 rings (SSSR count). The minimum absolute atomic E-state index is 0.142. The van der Waals surface area contributed by atoms with Gasteiger partial charge in [-0.3, -0.25) is 4.90 Å². The van der Waals surface area contributed by atoms with E-state index in [4.69, 9.17) is 5.73 Å². The third-order valence-electron chi connectivity index (χ3n) is 5.57. The second kappa shape index (κ2) is 7.42. The summed E-state index contributed by atoms with van der Waals surface area (Å²) in [6, 6.07) is 10.8. The molecule has 118 valence electrons. The van der Waals surface area contributed by atoms with Gasteiger partial charge >= 0.3 is 0 Å². The molecule has 1 aliphatic heterocycles. The fraction of sp³-hybridized carbons (Fsp3) is 0.684. The summed E-state index contributed by atoms with van der Waals surface area (Å²) in [6.45, 7) is 10.2. The van der Waals surface area contributed by atoms with Crippen LogP contribution in [0.3, 0.4) is 0 Å². The van der Waals surface area contributed by atoms with Crippen LogP contribution in [0, 0.1) is 11.8 Å². The Morgan fingerprint density at radius 1 is 1.19 bits per heavy atom. The number of nitrogens with two attached hydrogens (primary N) is 1. The fourth-order valence-electron chi connectivity index (χ4n) is 3.82.